The molecule has 1 aliphatic rings. The van der Waals surface area contributed by atoms with Crippen LogP contribution in [0.25, 0.3) is 0 Å². The highest BCUT2D eigenvalue weighted by Gasteiger charge is 2.51. The van der Waals surface area contributed by atoms with Gasteiger partial charge >= 0.3 is 5.97 Å². The van der Waals surface area contributed by atoms with Crippen molar-refractivity contribution in [3.05, 3.63) is 10.1 Å². The van der Waals surface area contributed by atoms with Gasteiger partial charge in [-0.2, -0.15) is 0 Å². The Bertz CT molecular complexity index is 341. The molecule has 0 spiro atoms. The molecule has 0 radical (unpaired) electrons. The van der Waals surface area contributed by atoms with E-state index in [9.17, 15) is 19.7 Å². The van der Waals surface area contributed by atoms with Gasteiger partial charge in [-0.15, -0.1) is 0 Å². The van der Waals surface area contributed by atoms with Gasteiger partial charge in [-0.1, -0.05) is 6.92 Å². The van der Waals surface area contributed by atoms with Crippen molar-refractivity contribution < 1.29 is 19.2 Å². The molecule has 0 saturated carbocycles. The number of Topliss-reactive ketones (excluding diaryl/α,β-unsaturated/α-hetero) is 1. The van der Waals surface area contributed by atoms with Crippen LogP contribution in [0.5, 0.6) is 0 Å². The van der Waals surface area contributed by atoms with Gasteiger partial charge in [0.05, 0.1) is 12.5 Å². The van der Waals surface area contributed by atoms with E-state index in [0.717, 1.165) is 0 Å². The van der Waals surface area contributed by atoms with Gasteiger partial charge in [-0.25, -0.2) is 0 Å². The van der Waals surface area contributed by atoms with E-state index in [-0.39, 0.29) is 12.2 Å². The van der Waals surface area contributed by atoms with Crippen molar-refractivity contribution in [2.24, 2.45) is 11.3 Å². The lowest BCUT2D eigenvalue weighted by molar-refractivity contribution is -0.496. The van der Waals surface area contributed by atoms with Gasteiger partial charge in [0.25, 0.3) is 0 Å². The van der Waals surface area contributed by atoms with E-state index >= 15 is 0 Å². The number of carbonyl (C=O) groups excluding carboxylic acids is 2. The summed E-state index contributed by atoms with van der Waals surface area (Å²) < 4.78 is 4.92. The Labute approximate surface area is 99.5 Å². The third kappa shape index (κ3) is 2.62. The zero-order chi connectivity index (χ0) is 13.1. The SMILES string of the molecule is CCC(C[N+](=O)[O-])(C(C)=O)C1CCCOC1=O. The minimum atomic E-state index is -1.21. The highest BCUT2D eigenvalue weighted by atomic mass is 16.6. The van der Waals surface area contributed by atoms with E-state index in [0.29, 0.717) is 19.4 Å². The van der Waals surface area contributed by atoms with Crippen molar-refractivity contribution in [1.82, 2.24) is 0 Å². The van der Waals surface area contributed by atoms with Gasteiger partial charge in [0.15, 0.2) is 0 Å². The summed E-state index contributed by atoms with van der Waals surface area (Å²) in [5.74, 6) is -1.46. The molecule has 1 heterocycles. The zero-order valence-electron chi connectivity index (χ0n) is 10.1. The van der Waals surface area contributed by atoms with Crippen molar-refractivity contribution in [1.29, 1.82) is 0 Å². The first kappa shape index (κ1) is 13.6. The monoisotopic (exact) mass is 243 g/mol. The summed E-state index contributed by atoms with van der Waals surface area (Å²) in [4.78, 5) is 33.7. The molecule has 1 fully saturated rings. The van der Waals surface area contributed by atoms with E-state index in [1.54, 1.807) is 6.92 Å². The van der Waals surface area contributed by atoms with Gasteiger partial charge < -0.3 is 4.74 Å². The van der Waals surface area contributed by atoms with Gasteiger partial charge in [-0.3, -0.25) is 19.7 Å². The molecule has 6 heteroatoms. The first-order valence-electron chi connectivity index (χ1n) is 5.73. The lowest BCUT2D eigenvalue weighted by Gasteiger charge is -2.35. The molecule has 6 nitrogen and oxygen atoms in total. The van der Waals surface area contributed by atoms with Crippen LogP contribution in [0.1, 0.15) is 33.1 Å². The van der Waals surface area contributed by atoms with E-state index in [4.69, 9.17) is 4.74 Å². The summed E-state index contributed by atoms with van der Waals surface area (Å²) in [6.45, 7) is 2.85. The second-order valence-electron chi connectivity index (χ2n) is 4.42. The summed E-state index contributed by atoms with van der Waals surface area (Å²) in [5, 5.41) is 10.7. The Morgan fingerprint density at radius 1 is 1.65 bits per heavy atom. The van der Waals surface area contributed by atoms with Crippen LogP contribution in [-0.2, 0) is 14.3 Å². The maximum absolute atomic E-state index is 11.8. The summed E-state index contributed by atoms with van der Waals surface area (Å²) in [6, 6.07) is 0. The second-order valence-corrected chi connectivity index (χ2v) is 4.42. The van der Waals surface area contributed by atoms with Crippen LogP contribution in [0.15, 0.2) is 0 Å². The van der Waals surface area contributed by atoms with Gasteiger partial charge in [-0.05, 0) is 26.2 Å². The molecule has 1 saturated heterocycles. The lowest BCUT2D eigenvalue weighted by Crippen LogP contribution is -2.48. The molecule has 1 aliphatic heterocycles. The normalized spacial score (nSPS) is 23.6. The van der Waals surface area contributed by atoms with Crippen LogP contribution in [0.4, 0.5) is 0 Å². The van der Waals surface area contributed by atoms with Crippen LogP contribution < -0.4 is 0 Å². The average molecular weight is 243 g/mol. The first-order valence-corrected chi connectivity index (χ1v) is 5.73. The van der Waals surface area contributed by atoms with Crippen LogP contribution in [0, 0.1) is 21.4 Å². The topological polar surface area (TPSA) is 86.5 Å². The zero-order valence-corrected chi connectivity index (χ0v) is 10.1. The highest BCUT2D eigenvalue weighted by molar-refractivity contribution is 5.89. The van der Waals surface area contributed by atoms with Crippen molar-refractivity contribution in [2.45, 2.75) is 33.1 Å². The maximum atomic E-state index is 11.8. The van der Waals surface area contributed by atoms with E-state index in [1.165, 1.54) is 6.92 Å². The second kappa shape index (κ2) is 5.25. The lowest BCUT2D eigenvalue weighted by atomic mass is 9.68. The van der Waals surface area contributed by atoms with Crippen molar-refractivity contribution in [3.63, 3.8) is 0 Å². The third-order valence-corrected chi connectivity index (χ3v) is 3.58. The third-order valence-electron chi connectivity index (χ3n) is 3.58. The average Bonchev–Trinajstić information content (AvgIpc) is 2.26. The fourth-order valence-electron chi connectivity index (χ4n) is 2.48. The van der Waals surface area contributed by atoms with E-state index < -0.39 is 28.8 Å². The molecule has 0 aromatic heterocycles. The Morgan fingerprint density at radius 3 is 2.71 bits per heavy atom. The number of hydrogen-bond donors (Lipinski definition) is 0. The number of nitrogens with zero attached hydrogens (tertiary/aromatic N) is 1. The maximum Gasteiger partial charge on any atom is 0.310 e. The number of cyclic esters (lactones) is 1. The van der Waals surface area contributed by atoms with Crippen LogP contribution in [-0.4, -0.2) is 29.8 Å². The van der Waals surface area contributed by atoms with E-state index in [1.807, 2.05) is 0 Å². The minimum Gasteiger partial charge on any atom is -0.465 e. The Morgan fingerprint density at radius 2 is 2.29 bits per heavy atom. The Balaban J connectivity index is 3.06. The molecule has 0 aromatic rings. The van der Waals surface area contributed by atoms with E-state index in [2.05, 4.69) is 0 Å². The number of rotatable bonds is 5. The predicted octanol–water partition coefficient (Wildman–Crippen LogP) is 1.20. The predicted molar refractivity (Wildman–Crippen MR) is 58.9 cm³/mol. The molecule has 0 amide bonds. The van der Waals surface area contributed by atoms with Crippen LogP contribution in [0.3, 0.4) is 0 Å². The number of ketones is 1. The Hall–Kier alpha value is -1.46. The summed E-state index contributed by atoms with van der Waals surface area (Å²) in [5.41, 5.74) is -1.21. The molecule has 2 atom stereocenters. The largest absolute Gasteiger partial charge is 0.465 e. The summed E-state index contributed by atoms with van der Waals surface area (Å²) in [7, 11) is 0. The molecule has 2 unspecified atom stereocenters. The minimum absolute atomic E-state index is 0.281. The number of ether oxygens (including phenoxy) is 1. The fraction of sp³-hybridized carbons (Fsp3) is 0.818. The van der Waals surface area contributed by atoms with Crippen molar-refractivity contribution in [2.75, 3.05) is 13.2 Å². The molecule has 0 N–H and O–H groups in total. The van der Waals surface area contributed by atoms with Gasteiger partial charge in [0.2, 0.25) is 6.54 Å². The molecular formula is C11H17NO5. The highest BCUT2D eigenvalue weighted by Crippen LogP contribution is 2.38. The molecular weight excluding hydrogens is 226 g/mol. The summed E-state index contributed by atoms with van der Waals surface area (Å²) in [6.07, 6.45) is 1.42. The summed E-state index contributed by atoms with van der Waals surface area (Å²) >= 11 is 0. The van der Waals surface area contributed by atoms with Crippen molar-refractivity contribution >= 4 is 11.8 Å². The quantitative estimate of drug-likeness (QED) is 0.411. The van der Waals surface area contributed by atoms with Gasteiger partial charge in [0, 0.05) is 4.92 Å². The fourth-order valence-corrected chi connectivity index (χ4v) is 2.48. The Kier molecular flexibility index (Phi) is 4.20. The number of hydrogen-bond acceptors (Lipinski definition) is 5. The molecule has 96 valence electrons. The molecule has 0 aromatic carbocycles. The standard InChI is InChI=1S/C11H17NO5/c1-3-11(8(2)13,7-12(15)16)9-5-4-6-17-10(9)14/h9H,3-7H2,1-2H3. The molecule has 17 heavy (non-hydrogen) atoms. The number of esters is 1. The van der Waals surface area contributed by atoms with Crippen molar-refractivity contribution in [3.8, 4) is 0 Å². The van der Waals surface area contributed by atoms with Gasteiger partial charge in [0.1, 0.15) is 11.2 Å². The molecule has 0 aliphatic carbocycles. The molecule has 1 rings (SSSR count). The van der Waals surface area contributed by atoms with Crippen LogP contribution >= 0.6 is 0 Å². The number of nitro groups is 1. The molecule has 0 bridgehead atoms. The first-order chi connectivity index (χ1) is 7.94. The number of carbonyl (C=O) groups is 2. The smallest absolute Gasteiger partial charge is 0.310 e. The van der Waals surface area contributed by atoms with Crippen LogP contribution in [0.2, 0.25) is 0 Å².